The lowest BCUT2D eigenvalue weighted by atomic mass is 9.90. The monoisotopic (exact) mass is 336 g/mol. The molecule has 2 atom stereocenters. The van der Waals surface area contributed by atoms with Crippen LogP contribution in [0.2, 0.25) is 0 Å². The maximum Gasteiger partial charge on any atom is 0.317 e. The first kappa shape index (κ1) is 16.5. The highest BCUT2D eigenvalue weighted by Gasteiger charge is 2.37. The summed E-state index contributed by atoms with van der Waals surface area (Å²) in [6.07, 6.45) is 1.01. The number of urea groups is 1. The average Bonchev–Trinajstić information content (AvgIpc) is 2.95. The van der Waals surface area contributed by atoms with Crippen molar-refractivity contribution in [1.82, 2.24) is 10.2 Å². The molecule has 2 heterocycles. The third-order valence-electron chi connectivity index (χ3n) is 4.56. The second-order valence-electron chi connectivity index (χ2n) is 7.02. The van der Waals surface area contributed by atoms with E-state index in [1.165, 1.54) is 17.0 Å². The van der Waals surface area contributed by atoms with E-state index < -0.39 is 17.5 Å². The minimum absolute atomic E-state index is 0.212. The Labute approximate surface area is 139 Å². The summed E-state index contributed by atoms with van der Waals surface area (Å²) in [5.74, 6) is -1.34. The summed E-state index contributed by atoms with van der Waals surface area (Å²) in [5, 5.41) is 12.0. The Morgan fingerprint density at radius 1 is 1.42 bits per heavy atom. The number of fused-ring (bicyclic) bond motifs is 1. The molecule has 0 spiro atoms. The maximum absolute atomic E-state index is 13.5. The molecule has 130 valence electrons. The predicted molar refractivity (Wildman–Crippen MR) is 84.3 cm³/mol. The number of hydrogen-bond acceptors (Lipinski definition) is 3. The van der Waals surface area contributed by atoms with Gasteiger partial charge in [0.25, 0.3) is 0 Å². The van der Waals surface area contributed by atoms with Crippen molar-refractivity contribution < 1.29 is 23.8 Å². The fourth-order valence-corrected chi connectivity index (χ4v) is 3.34. The van der Waals surface area contributed by atoms with Crippen LogP contribution >= 0.6 is 0 Å². The molecule has 2 aliphatic rings. The summed E-state index contributed by atoms with van der Waals surface area (Å²) in [5.41, 5.74) is 0.200. The number of carbonyl (C=O) groups is 2. The van der Waals surface area contributed by atoms with Gasteiger partial charge in [-0.25, -0.2) is 9.18 Å². The highest BCUT2D eigenvalue weighted by Crippen LogP contribution is 2.39. The van der Waals surface area contributed by atoms with Gasteiger partial charge >= 0.3 is 12.0 Å². The number of likely N-dealkylation sites (tertiary alicyclic amines) is 1. The van der Waals surface area contributed by atoms with E-state index in [0.717, 1.165) is 5.56 Å². The van der Waals surface area contributed by atoms with Crippen molar-refractivity contribution in [2.24, 2.45) is 5.92 Å². The van der Waals surface area contributed by atoms with Crippen LogP contribution in [0.5, 0.6) is 5.75 Å². The number of nitrogens with one attached hydrogen (secondary N) is 1. The molecular weight excluding hydrogens is 315 g/mol. The Morgan fingerprint density at radius 2 is 2.17 bits per heavy atom. The van der Waals surface area contributed by atoms with Gasteiger partial charge in [0.1, 0.15) is 17.2 Å². The van der Waals surface area contributed by atoms with Crippen molar-refractivity contribution in [3.63, 3.8) is 0 Å². The number of nitrogens with zero attached hydrogens (tertiary/aromatic N) is 1. The minimum atomic E-state index is -0.877. The molecule has 6 nitrogen and oxygen atoms in total. The molecular formula is C17H21FN2O4. The van der Waals surface area contributed by atoms with Gasteiger partial charge < -0.3 is 20.1 Å². The van der Waals surface area contributed by atoms with Gasteiger partial charge in [0.15, 0.2) is 0 Å². The summed E-state index contributed by atoms with van der Waals surface area (Å²) >= 11 is 0. The number of carboxylic acids is 1. The first-order valence-corrected chi connectivity index (χ1v) is 8.02. The Bertz CT molecular complexity index is 677. The Morgan fingerprint density at radius 3 is 2.83 bits per heavy atom. The fourth-order valence-electron chi connectivity index (χ4n) is 3.34. The van der Waals surface area contributed by atoms with Crippen molar-refractivity contribution in [2.75, 3.05) is 13.1 Å². The molecule has 0 radical (unpaired) electrons. The topological polar surface area (TPSA) is 78.9 Å². The van der Waals surface area contributed by atoms with Crippen LogP contribution < -0.4 is 10.1 Å². The normalized spacial score (nSPS) is 24.9. The highest BCUT2D eigenvalue weighted by atomic mass is 19.1. The Hall–Kier alpha value is -2.31. The zero-order chi connectivity index (χ0) is 17.5. The van der Waals surface area contributed by atoms with Gasteiger partial charge in [-0.2, -0.15) is 0 Å². The molecule has 0 saturated carbocycles. The van der Waals surface area contributed by atoms with Crippen LogP contribution in [-0.4, -0.2) is 40.7 Å². The second kappa shape index (κ2) is 5.96. The molecule has 7 heteroatoms. The lowest BCUT2D eigenvalue weighted by molar-refractivity contribution is -0.141. The lowest BCUT2D eigenvalue weighted by Gasteiger charge is -2.38. The van der Waals surface area contributed by atoms with E-state index in [1.54, 1.807) is 6.07 Å². The zero-order valence-corrected chi connectivity index (χ0v) is 13.7. The van der Waals surface area contributed by atoms with Gasteiger partial charge in [-0.05, 0) is 26.3 Å². The van der Waals surface area contributed by atoms with Crippen molar-refractivity contribution >= 4 is 12.0 Å². The quantitative estimate of drug-likeness (QED) is 0.870. The third kappa shape index (κ3) is 3.29. The number of ether oxygens (including phenoxy) is 1. The van der Waals surface area contributed by atoms with E-state index in [4.69, 9.17) is 9.84 Å². The number of amides is 2. The zero-order valence-electron chi connectivity index (χ0n) is 13.7. The summed E-state index contributed by atoms with van der Waals surface area (Å²) in [6.45, 7) is 4.41. The molecule has 2 unspecified atom stereocenters. The highest BCUT2D eigenvalue weighted by molar-refractivity contribution is 5.78. The predicted octanol–water partition coefficient (Wildman–Crippen LogP) is 2.54. The van der Waals surface area contributed by atoms with Crippen LogP contribution in [0.15, 0.2) is 18.2 Å². The van der Waals surface area contributed by atoms with Gasteiger partial charge in [0, 0.05) is 31.1 Å². The molecule has 2 N–H and O–H groups in total. The number of benzene rings is 1. The van der Waals surface area contributed by atoms with Crippen LogP contribution in [0.25, 0.3) is 0 Å². The smallest absolute Gasteiger partial charge is 0.317 e. The van der Waals surface area contributed by atoms with Crippen molar-refractivity contribution in [3.8, 4) is 5.75 Å². The van der Waals surface area contributed by atoms with Crippen LogP contribution in [0.3, 0.4) is 0 Å². The first-order chi connectivity index (χ1) is 11.2. The van der Waals surface area contributed by atoms with E-state index in [9.17, 15) is 14.0 Å². The summed E-state index contributed by atoms with van der Waals surface area (Å²) in [4.78, 5) is 25.0. The maximum atomic E-state index is 13.5. The SMILES string of the molecule is CC1(C)CC(NC(=O)N2CCC(C(=O)O)C2)c2ccc(F)cc2O1. The summed E-state index contributed by atoms with van der Waals surface area (Å²) < 4.78 is 19.3. The second-order valence-corrected chi connectivity index (χ2v) is 7.02. The molecule has 1 fully saturated rings. The number of hydrogen-bond donors (Lipinski definition) is 2. The molecule has 1 aromatic rings. The summed E-state index contributed by atoms with van der Waals surface area (Å²) in [7, 11) is 0. The number of carboxylic acid groups (broad SMARTS) is 1. The largest absolute Gasteiger partial charge is 0.487 e. The third-order valence-corrected chi connectivity index (χ3v) is 4.56. The van der Waals surface area contributed by atoms with E-state index in [2.05, 4.69) is 5.32 Å². The van der Waals surface area contributed by atoms with Gasteiger partial charge in [-0.3, -0.25) is 4.79 Å². The number of carbonyl (C=O) groups excluding carboxylic acids is 1. The standard InChI is InChI=1S/C17H21FN2O4/c1-17(2)8-13(12-4-3-11(18)7-14(12)24-17)19-16(23)20-6-5-10(9-20)15(21)22/h3-4,7,10,13H,5-6,8-9H2,1-2H3,(H,19,23)(H,21,22). The van der Waals surface area contributed by atoms with Crippen molar-refractivity contribution in [3.05, 3.63) is 29.6 Å². The Kier molecular flexibility index (Phi) is 4.11. The molecule has 2 aliphatic heterocycles. The minimum Gasteiger partial charge on any atom is -0.487 e. The number of halogens is 1. The molecule has 24 heavy (non-hydrogen) atoms. The van der Waals surface area contributed by atoms with E-state index in [-0.39, 0.29) is 24.4 Å². The van der Waals surface area contributed by atoms with Gasteiger partial charge in [0.2, 0.25) is 0 Å². The molecule has 0 bridgehead atoms. The van der Waals surface area contributed by atoms with Gasteiger partial charge in [-0.15, -0.1) is 0 Å². The van der Waals surface area contributed by atoms with E-state index in [1.807, 2.05) is 13.8 Å². The first-order valence-electron chi connectivity index (χ1n) is 8.02. The molecule has 0 aromatic heterocycles. The molecule has 1 saturated heterocycles. The van der Waals surface area contributed by atoms with Crippen molar-refractivity contribution in [1.29, 1.82) is 0 Å². The van der Waals surface area contributed by atoms with Crippen LogP contribution in [0, 0.1) is 11.7 Å². The average molecular weight is 336 g/mol. The summed E-state index contributed by atoms with van der Waals surface area (Å²) in [6, 6.07) is 3.69. The van der Waals surface area contributed by atoms with E-state index in [0.29, 0.717) is 25.1 Å². The van der Waals surface area contributed by atoms with Gasteiger partial charge in [0.05, 0.1) is 12.0 Å². The molecule has 1 aromatic carbocycles. The molecule has 3 rings (SSSR count). The van der Waals surface area contributed by atoms with Gasteiger partial charge in [-0.1, -0.05) is 6.07 Å². The van der Waals surface area contributed by atoms with Crippen LogP contribution in [0.4, 0.5) is 9.18 Å². The van der Waals surface area contributed by atoms with Crippen molar-refractivity contribution in [2.45, 2.75) is 38.3 Å². The fraction of sp³-hybridized carbons (Fsp3) is 0.529. The molecule has 0 aliphatic carbocycles. The lowest BCUT2D eigenvalue weighted by Crippen LogP contribution is -2.45. The number of aliphatic carboxylic acids is 1. The number of rotatable bonds is 2. The Balaban J connectivity index is 1.75. The van der Waals surface area contributed by atoms with Crippen LogP contribution in [0.1, 0.15) is 38.3 Å². The van der Waals surface area contributed by atoms with Crippen LogP contribution in [-0.2, 0) is 4.79 Å². The van der Waals surface area contributed by atoms with E-state index >= 15 is 0 Å². The molecule has 2 amide bonds.